The van der Waals surface area contributed by atoms with Crippen molar-refractivity contribution in [2.75, 3.05) is 6.54 Å². The minimum atomic E-state index is -3.77. The number of aromatic nitrogens is 3. The third kappa shape index (κ3) is 2.43. The van der Waals surface area contributed by atoms with Crippen molar-refractivity contribution in [3.05, 3.63) is 36.2 Å². The molecule has 0 bridgehead atoms. The van der Waals surface area contributed by atoms with Gasteiger partial charge in [-0.15, -0.1) is 10.2 Å². The molecule has 2 heterocycles. The van der Waals surface area contributed by atoms with Crippen LogP contribution in [0.2, 0.25) is 0 Å². The molecule has 2 aromatic rings. The summed E-state index contributed by atoms with van der Waals surface area (Å²) >= 11 is 0. The van der Waals surface area contributed by atoms with E-state index in [1.165, 1.54) is 0 Å². The van der Waals surface area contributed by atoms with E-state index in [1.807, 2.05) is 34.9 Å². The van der Waals surface area contributed by atoms with Crippen molar-refractivity contribution in [3.63, 3.8) is 0 Å². The number of hydrogen-bond donors (Lipinski definition) is 1. The third-order valence-electron chi connectivity index (χ3n) is 5.11. The van der Waals surface area contributed by atoms with E-state index in [4.69, 9.17) is 0 Å². The van der Waals surface area contributed by atoms with Crippen LogP contribution in [-0.4, -0.2) is 48.7 Å². The predicted octanol–water partition coefficient (Wildman–Crippen LogP) is 1.84. The number of rotatable bonds is 3. The molecular formula is C17H18F2N4O2. The van der Waals surface area contributed by atoms with Gasteiger partial charge >= 0.3 is 5.92 Å². The number of halogens is 2. The van der Waals surface area contributed by atoms with Crippen LogP contribution in [0, 0.1) is 0 Å². The lowest BCUT2D eigenvalue weighted by Crippen LogP contribution is -2.61. The molecule has 0 saturated heterocycles. The van der Waals surface area contributed by atoms with E-state index in [0.29, 0.717) is 24.6 Å². The SMILES string of the molecule is O=C(N1CCn2c(nnc2-c2ccccc2)C1)C(F)(F)C1(O)CCC1. The minimum absolute atomic E-state index is 0.0374. The first-order chi connectivity index (χ1) is 11.9. The average Bonchev–Trinajstić information content (AvgIpc) is 3.02. The van der Waals surface area contributed by atoms with Crippen molar-refractivity contribution < 1.29 is 18.7 Å². The third-order valence-corrected chi connectivity index (χ3v) is 5.11. The Hall–Kier alpha value is -2.35. The molecule has 1 aromatic heterocycles. The van der Waals surface area contributed by atoms with E-state index in [2.05, 4.69) is 10.2 Å². The number of amides is 1. The normalized spacial score (nSPS) is 19.2. The fraction of sp³-hybridized carbons (Fsp3) is 0.471. The molecule has 25 heavy (non-hydrogen) atoms. The van der Waals surface area contributed by atoms with Crippen LogP contribution in [0.25, 0.3) is 11.4 Å². The second kappa shape index (κ2) is 5.59. The summed E-state index contributed by atoms with van der Waals surface area (Å²) in [6, 6.07) is 9.46. The summed E-state index contributed by atoms with van der Waals surface area (Å²) in [6.45, 7) is 0.437. The van der Waals surface area contributed by atoms with Crippen LogP contribution in [0.1, 0.15) is 25.1 Å². The molecule has 1 amide bonds. The summed E-state index contributed by atoms with van der Waals surface area (Å²) in [5.41, 5.74) is -1.32. The Morgan fingerprint density at radius 3 is 2.52 bits per heavy atom. The number of alkyl halides is 2. The van der Waals surface area contributed by atoms with Crippen LogP contribution in [0.5, 0.6) is 0 Å². The van der Waals surface area contributed by atoms with Gasteiger partial charge in [0.15, 0.2) is 11.6 Å². The van der Waals surface area contributed by atoms with Crippen LogP contribution in [0.15, 0.2) is 30.3 Å². The molecule has 1 saturated carbocycles. The molecule has 1 N–H and O–H groups in total. The number of aliphatic hydroxyl groups is 1. The van der Waals surface area contributed by atoms with Gasteiger partial charge in [0.25, 0.3) is 5.91 Å². The van der Waals surface area contributed by atoms with Gasteiger partial charge in [-0.25, -0.2) is 0 Å². The lowest BCUT2D eigenvalue weighted by atomic mass is 9.75. The molecule has 1 fully saturated rings. The molecule has 2 aliphatic rings. The summed E-state index contributed by atoms with van der Waals surface area (Å²) in [7, 11) is 0. The molecule has 1 aromatic carbocycles. The molecule has 132 valence electrons. The van der Waals surface area contributed by atoms with Crippen molar-refractivity contribution in [3.8, 4) is 11.4 Å². The van der Waals surface area contributed by atoms with Crippen molar-refractivity contribution in [2.45, 2.75) is 43.9 Å². The number of nitrogens with zero attached hydrogens (tertiary/aromatic N) is 4. The predicted molar refractivity (Wildman–Crippen MR) is 84.6 cm³/mol. The standard InChI is InChI=1S/C17H18F2N4O2/c18-17(19,16(25)7-4-8-16)15(24)22-9-10-23-13(11-22)20-21-14(23)12-5-2-1-3-6-12/h1-3,5-6,25H,4,7-11H2. The van der Waals surface area contributed by atoms with Crippen LogP contribution in [0.4, 0.5) is 8.78 Å². The summed E-state index contributed by atoms with van der Waals surface area (Å²) in [5, 5.41) is 18.2. The van der Waals surface area contributed by atoms with Crippen LogP contribution < -0.4 is 0 Å². The Bertz CT molecular complexity index is 802. The van der Waals surface area contributed by atoms with Gasteiger partial charge in [0, 0.05) is 18.7 Å². The van der Waals surface area contributed by atoms with E-state index >= 15 is 0 Å². The highest BCUT2D eigenvalue weighted by atomic mass is 19.3. The molecule has 4 rings (SSSR count). The zero-order valence-electron chi connectivity index (χ0n) is 13.5. The first-order valence-electron chi connectivity index (χ1n) is 8.29. The van der Waals surface area contributed by atoms with E-state index in [-0.39, 0.29) is 25.9 Å². The van der Waals surface area contributed by atoms with Crippen molar-refractivity contribution >= 4 is 5.91 Å². The highest BCUT2D eigenvalue weighted by Crippen LogP contribution is 2.45. The summed E-state index contributed by atoms with van der Waals surface area (Å²) in [4.78, 5) is 13.4. The quantitative estimate of drug-likeness (QED) is 0.919. The monoisotopic (exact) mass is 348 g/mol. The van der Waals surface area contributed by atoms with Gasteiger partial charge < -0.3 is 14.6 Å². The molecule has 0 unspecified atom stereocenters. The number of benzene rings is 1. The maximum Gasteiger partial charge on any atom is 0.352 e. The van der Waals surface area contributed by atoms with Crippen LogP contribution >= 0.6 is 0 Å². The number of hydrogen-bond acceptors (Lipinski definition) is 4. The Morgan fingerprint density at radius 2 is 1.88 bits per heavy atom. The Morgan fingerprint density at radius 1 is 1.16 bits per heavy atom. The van der Waals surface area contributed by atoms with E-state index < -0.39 is 17.4 Å². The molecule has 1 aliphatic carbocycles. The van der Waals surface area contributed by atoms with E-state index in [0.717, 1.165) is 10.5 Å². The first-order valence-corrected chi connectivity index (χ1v) is 8.29. The van der Waals surface area contributed by atoms with Gasteiger partial charge in [0.2, 0.25) is 0 Å². The average molecular weight is 348 g/mol. The van der Waals surface area contributed by atoms with Gasteiger partial charge in [-0.2, -0.15) is 8.78 Å². The number of carbonyl (C=O) groups excluding carboxylic acids is 1. The topological polar surface area (TPSA) is 71.2 Å². The zero-order chi connectivity index (χ0) is 17.7. The summed E-state index contributed by atoms with van der Waals surface area (Å²) in [6.07, 6.45) is 0.413. The fourth-order valence-corrected chi connectivity index (χ4v) is 3.36. The van der Waals surface area contributed by atoms with Gasteiger partial charge in [-0.3, -0.25) is 4.79 Å². The van der Waals surface area contributed by atoms with Gasteiger partial charge in [-0.1, -0.05) is 30.3 Å². The number of fused-ring (bicyclic) bond motifs is 1. The smallest absolute Gasteiger partial charge is 0.352 e. The second-order valence-corrected chi connectivity index (χ2v) is 6.64. The molecule has 0 radical (unpaired) electrons. The number of carbonyl (C=O) groups is 1. The van der Waals surface area contributed by atoms with Crippen molar-refractivity contribution in [1.29, 1.82) is 0 Å². The fourth-order valence-electron chi connectivity index (χ4n) is 3.36. The highest BCUT2D eigenvalue weighted by Gasteiger charge is 2.62. The second-order valence-electron chi connectivity index (χ2n) is 6.64. The van der Waals surface area contributed by atoms with E-state index in [1.54, 1.807) is 0 Å². The lowest BCUT2D eigenvalue weighted by molar-refractivity contribution is -0.224. The molecule has 8 heteroatoms. The highest BCUT2D eigenvalue weighted by molar-refractivity contribution is 5.85. The molecule has 6 nitrogen and oxygen atoms in total. The van der Waals surface area contributed by atoms with Gasteiger partial charge in [0.1, 0.15) is 5.60 Å². The maximum absolute atomic E-state index is 14.4. The summed E-state index contributed by atoms with van der Waals surface area (Å²) < 4.78 is 30.6. The zero-order valence-corrected chi connectivity index (χ0v) is 13.5. The molecular weight excluding hydrogens is 330 g/mol. The Balaban J connectivity index is 1.56. The minimum Gasteiger partial charge on any atom is -0.383 e. The first kappa shape index (κ1) is 16.1. The largest absolute Gasteiger partial charge is 0.383 e. The van der Waals surface area contributed by atoms with Crippen molar-refractivity contribution in [1.82, 2.24) is 19.7 Å². The lowest BCUT2D eigenvalue weighted by Gasteiger charge is -2.43. The Kier molecular flexibility index (Phi) is 3.61. The molecule has 0 atom stereocenters. The van der Waals surface area contributed by atoms with Crippen LogP contribution in [0.3, 0.4) is 0 Å². The Labute approximate surface area is 143 Å². The van der Waals surface area contributed by atoms with Gasteiger partial charge in [-0.05, 0) is 19.3 Å². The molecule has 0 spiro atoms. The maximum atomic E-state index is 14.4. The summed E-state index contributed by atoms with van der Waals surface area (Å²) in [5.74, 6) is -3.97. The van der Waals surface area contributed by atoms with Crippen molar-refractivity contribution in [2.24, 2.45) is 0 Å². The van der Waals surface area contributed by atoms with Crippen LogP contribution in [-0.2, 0) is 17.9 Å². The molecule has 1 aliphatic heterocycles. The van der Waals surface area contributed by atoms with Gasteiger partial charge in [0.05, 0.1) is 6.54 Å². The van der Waals surface area contributed by atoms with E-state index in [9.17, 15) is 18.7 Å².